The molecule has 3 rings (SSSR count). The van der Waals surface area contributed by atoms with Gasteiger partial charge >= 0.3 is 5.97 Å². The van der Waals surface area contributed by atoms with E-state index >= 15 is 0 Å². The molecule has 20 heavy (non-hydrogen) atoms. The average molecular weight is 280 g/mol. The first-order chi connectivity index (χ1) is 9.69. The summed E-state index contributed by atoms with van der Waals surface area (Å²) in [7, 11) is 0. The van der Waals surface area contributed by atoms with Gasteiger partial charge in [0.25, 0.3) is 0 Å². The number of carbonyl (C=O) groups is 1. The topological polar surface area (TPSA) is 46.5 Å². The molecule has 3 fully saturated rings. The molecule has 0 aromatic rings. The number of ether oxygens (including phenoxy) is 1. The van der Waals surface area contributed by atoms with Crippen molar-refractivity contribution in [1.82, 2.24) is 0 Å². The molecule has 1 N–H and O–H groups in total. The third-order valence-electron chi connectivity index (χ3n) is 5.91. The second kappa shape index (κ2) is 6.05. The maximum Gasteiger partial charge on any atom is 0.306 e. The average Bonchev–Trinajstić information content (AvgIpc) is 3.07. The fourth-order valence-corrected chi connectivity index (χ4v) is 4.76. The van der Waals surface area contributed by atoms with E-state index in [1.807, 2.05) is 0 Å². The Hall–Kier alpha value is -0.570. The summed E-state index contributed by atoms with van der Waals surface area (Å²) in [5, 5.41) is 9.54. The highest BCUT2D eigenvalue weighted by atomic mass is 16.5. The molecule has 0 amide bonds. The van der Waals surface area contributed by atoms with E-state index in [2.05, 4.69) is 0 Å². The third-order valence-corrected chi connectivity index (χ3v) is 5.91. The Morgan fingerprint density at radius 1 is 1.05 bits per heavy atom. The van der Waals surface area contributed by atoms with E-state index in [1.165, 1.54) is 44.9 Å². The van der Waals surface area contributed by atoms with Crippen molar-refractivity contribution in [2.45, 2.75) is 88.8 Å². The van der Waals surface area contributed by atoms with Crippen molar-refractivity contribution in [3.05, 3.63) is 0 Å². The van der Waals surface area contributed by atoms with Gasteiger partial charge in [0.1, 0.15) is 0 Å². The molecule has 2 saturated carbocycles. The fraction of sp³-hybridized carbons (Fsp3) is 0.941. The summed E-state index contributed by atoms with van der Waals surface area (Å²) >= 11 is 0. The van der Waals surface area contributed by atoms with E-state index in [1.54, 1.807) is 0 Å². The molecule has 3 nitrogen and oxygen atoms in total. The molecule has 2 unspecified atom stereocenters. The number of rotatable bonds is 4. The van der Waals surface area contributed by atoms with Crippen LogP contribution in [0.1, 0.15) is 77.0 Å². The molecule has 0 bridgehead atoms. The van der Waals surface area contributed by atoms with Crippen LogP contribution in [0.3, 0.4) is 0 Å². The Bertz CT molecular complexity index is 340. The highest BCUT2D eigenvalue weighted by Crippen LogP contribution is 2.44. The van der Waals surface area contributed by atoms with E-state index < -0.39 is 5.97 Å². The lowest BCUT2D eigenvalue weighted by Crippen LogP contribution is -2.33. The Labute approximate surface area is 122 Å². The molecule has 2 aliphatic carbocycles. The summed E-state index contributed by atoms with van der Waals surface area (Å²) in [5.74, 6) is -0.356. The molecule has 0 aromatic heterocycles. The first kappa shape index (κ1) is 14.4. The molecule has 1 spiro atoms. The Balaban J connectivity index is 1.57. The first-order valence-corrected chi connectivity index (χ1v) is 8.59. The van der Waals surface area contributed by atoms with E-state index in [4.69, 9.17) is 4.74 Å². The quantitative estimate of drug-likeness (QED) is 0.841. The zero-order valence-electron chi connectivity index (χ0n) is 12.5. The maximum atomic E-state index is 11.6. The van der Waals surface area contributed by atoms with Crippen molar-refractivity contribution in [3.63, 3.8) is 0 Å². The minimum absolute atomic E-state index is 0.127. The number of carboxylic acid groups (broad SMARTS) is 1. The molecule has 3 heteroatoms. The first-order valence-electron chi connectivity index (χ1n) is 8.59. The number of aliphatic carboxylic acids is 1. The number of carboxylic acids is 1. The molecule has 3 aliphatic rings. The molecular weight excluding hydrogens is 252 g/mol. The number of hydrogen-bond acceptors (Lipinski definition) is 2. The molecule has 1 saturated heterocycles. The van der Waals surface area contributed by atoms with Gasteiger partial charge in [-0.1, -0.05) is 32.1 Å². The van der Waals surface area contributed by atoms with E-state index in [-0.39, 0.29) is 17.6 Å². The van der Waals surface area contributed by atoms with Crippen LogP contribution in [0.5, 0.6) is 0 Å². The van der Waals surface area contributed by atoms with Gasteiger partial charge in [0.15, 0.2) is 0 Å². The van der Waals surface area contributed by atoms with Crippen LogP contribution in [-0.4, -0.2) is 22.8 Å². The van der Waals surface area contributed by atoms with Gasteiger partial charge in [-0.2, -0.15) is 0 Å². The third kappa shape index (κ3) is 3.03. The molecular formula is C17H28O3. The van der Waals surface area contributed by atoms with Crippen molar-refractivity contribution in [3.8, 4) is 0 Å². The molecule has 0 radical (unpaired) electrons. The summed E-state index contributed by atoms with van der Waals surface area (Å²) in [6, 6.07) is 0. The summed E-state index contributed by atoms with van der Waals surface area (Å²) in [6.07, 6.45) is 14.2. The lowest BCUT2D eigenvalue weighted by molar-refractivity contribution is -0.146. The largest absolute Gasteiger partial charge is 0.481 e. The highest BCUT2D eigenvalue weighted by Gasteiger charge is 2.43. The van der Waals surface area contributed by atoms with Crippen molar-refractivity contribution < 1.29 is 14.6 Å². The van der Waals surface area contributed by atoms with Gasteiger partial charge in [-0.15, -0.1) is 0 Å². The number of hydrogen-bond donors (Lipinski definition) is 1. The van der Waals surface area contributed by atoms with Gasteiger partial charge < -0.3 is 9.84 Å². The lowest BCUT2D eigenvalue weighted by Gasteiger charge is -2.34. The van der Waals surface area contributed by atoms with Gasteiger partial charge in [0.05, 0.1) is 17.6 Å². The molecule has 2 atom stereocenters. The highest BCUT2D eigenvalue weighted by molar-refractivity contribution is 5.70. The molecule has 1 heterocycles. The van der Waals surface area contributed by atoms with Crippen LogP contribution >= 0.6 is 0 Å². The standard InChI is InChI=1S/C17H28O3/c18-16(19)15(13-6-2-3-7-13)12-14-8-11-17(20-14)9-4-1-5-10-17/h13-15H,1-12H2,(H,18,19). The minimum atomic E-state index is -0.593. The van der Waals surface area contributed by atoms with E-state index in [0.29, 0.717) is 5.92 Å². The van der Waals surface area contributed by atoms with Crippen molar-refractivity contribution in [1.29, 1.82) is 0 Å². The van der Waals surface area contributed by atoms with Gasteiger partial charge in [-0.3, -0.25) is 4.79 Å². The van der Waals surface area contributed by atoms with Crippen LogP contribution < -0.4 is 0 Å². The minimum Gasteiger partial charge on any atom is -0.481 e. The lowest BCUT2D eigenvalue weighted by atomic mass is 9.82. The summed E-state index contributed by atoms with van der Waals surface area (Å²) in [6.45, 7) is 0. The van der Waals surface area contributed by atoms with Crippen LogP contribution in [0, 0.1) is 11.8 Å². The Morgan fingerprint density at radius 3 is 2.40 bits per heavy atom. The van der Waals surface area contributed by atoms with E-state index in [9.17, 15) is 9.90 Å². The van der Waals surface area contributed by atoms with Crippen LogP contribution in [0.15, 0.2) is 0 Å². The van der Waals surface area contributed by atoms with Gasteiger partial charge in [-0.05, 0) is 50.9 Å². The van der Waals surface area contributed by atoms with Crippen LogP contribution in [0.4, 0.5) is 0 Å². The van der Waals surface area contributed by atoms with Crippen molar-refractivity contribution in [2.75, 3.05) is 0 Å². The Kier molecular flexibility index (Phi) is 4.34. The maximum absolute atomic E-state index is 11.6. The fourth-order valence-electron chi connectivity index (χ4n) is 4.76. The second-order valence-corrected chi connectivity index (χ2v) is 7.25. The SMILES string of the molecule is O=C(O)C(CC1CCC2(CCCCC2)O1)C1CCCC1. The predicted molar refractivity (Wildman–Crippen MR) is 77.6 cm³/mol. The molecule has 0 aromatic carbocycles. The molecule has 1 aliphatic heterocycles. The van der Waals surface area contributed by atoms with Gasteiger partial charge in [-0.25, -0.2) is 0 Å². The zero-order valence-corrected chi connectivity index (χ0v) is 12.5. The summed E-state index contributed by atoms with van der Waals surface area (Å²) < 4.78 is 6.37. The molecule has 114 valence electrons. The van der Waals surface area contributed by atoms with Crippen molar-refractivity contribution in [2.24, 2.45) is 11.8 Å². The van der Waals surface area contributed by atoms with Crippen LogP contribution in [0.25, 0.3) is 0 Å². The zero-order chi connectivity index (χ0) is 14.0. The van der Waals surface area contributed by atoms with Crippen LogP contribution in [0.2, 0.25) is 0 Å². The van der Waals surface area contributed by atoms with Crippen molar-refractivity contribution >= 4 is 5.97 Å². The van der Waals surface area contributed by atoms with Crippen LogP contribution in [-0.2, 0) is 9.53 Å². The normalized spacial score (nSPS) is 31.7. The monoisotopic (exact) mass is 280 g/mol. The smallest absolute Gasteiger partial charge is 0.306 e. The Morgan fingerprint density at radius 2 is 1.75 bits per heavy atom. The predicted octanol–water partition coefficient (Wildman–Crippen LogP) is 4.15. The van der Waals surface area contributed by atoms with Gasteiger partial charge in [0, 0.05) is 0 Å². The van der Waals surface area contributed by atoms with E-state index in [0.717, 1.165) is 32.1 Å². The van der Waals surface area contributed by atoms with Gasteiger partial charge in [0.2, 0.25) is 0 Å². The summed E-state index contributed by atoms with van der Waals surface area (Å²) in [4.78, 5) is 11.6. The second-order valence-electron chi connectivity index (χ2n) is 7.25. The summed E-state index contributed by atoms with van der Waals surface area (Å²) in [5.41, 5.74) is 0.127.